The van der Waals surface area contributed by atoms with Gasteiger partial charge in [0.05, 0.1) is 5.41 Å². The zero-order valence-corrected chi connectivity index (χ0v) is 11.7. The maximum Gasteiger partial charge on any atom is 0.230 e. The van der Waals surface area contributed by atoms with Gasteiger partial charge in [-0.1, -0.05) is 24.6 Å². The maximum absolute atomic E-state index is 13.1. The van der Waals surface area contributed by atoms with E-state index in [9.17, 15) is 9.18 Å². The molecule has 3 rings (SSSR count). The first-order valence-electron chi connectivity index (χ1n) is 7.14. The lowest BCUT2D eigenvalue weighted by Crippen LogP contribution is -2.49. The zero-order chi connectivity index (χ0) is 14.7. The Morgan fingerprint density at radius 3 is 2.57 bits per heavy atom. The molecule has 1 heterocycles. The number of rotatable bonds is 4. The number of carbonyl (C=O) groups excluding carboxylic acids is 1. The third-order valence-electron chi connectivity index (χ3n) is 4.21. The second-order valence-corrected chi connectivity index (χ2v) is 5.49. The van der Waals surface area contributed by atoms with Crippen molar-refractivity contribution in [1.82, 2.24) is 10.3 Å². The normalized spacial score (nSPS) is 16.0. The molecular formula is C17H17FN2O. The molecule has 2 aromatic rings. The lowest BCUT2D eigenvalue weighted by atomic mass is 9.64. The first kappa shape index (κ1) is 13.7. The number of benzene rings is 1. The molecule has 0 saturated heterocycles. The lowest BCUT2D eigenvalue weighted by molar-refractivity contribution is -0.130. The Morgan fingerprint density at radius 2 is 2.00 bits per heavy atom. The fraction of sp³-hybridized carbons (Fsp3) is 0.294. The van der Waals surface area contributed by atoms with E-state index in [-0.39, 0.29) is 11.7 Å². The van der Waals surface area contributed by atoms with E-state index >= 15 is 0 Å². The van der Waals surface area contributed by atoms with Crippen molar-refractivity contribution in [2.24, 2.45) is 0 Å². The summed E-state index contributed by atoms with van der Waals surface area (Å²) in [5.41, 5.74) is 1.38. The molecule has 0 bridgehead atoms. The van der Waals surface area contributed by atoms with Crippen LogP contribution in [-0.2, 0) is 16.8 Å². The topological polar surface area (TPSA) is 42.0 Å². The predicted molar refractivity (Wildman–Crippen MR) is 78.0 cm³/mol. The summed E-state index contributed by atoms with van der Waals surface area (Å²) < 4.78 is 13.1. The van der Waals surface area contributed by atoms with Crippen molar-refractivity contribution in [2.75, 3.05) is 0 Å². The van der Waals surface area contributed by atoms with E-state index in [0.29, 0.717) is 6.54 Å². The molecule has 0 spiro atoms. The van der Waals surface area contributed by atoms with Crippen molar-refractivity contribution >= 4 is 5.91 Å². The molecule has 1 amide bonds. The molecule has 1 aromatic carbocycles. The van der Waals surface area contributed by atoms with Crippen LogP contribution in [0, 0.1) is 5.82 Å². The molecule has 0 unspecified atom stereocenters. The number of amides is 1. The van der Waals surface area contributed by atoms with Gasteiger partial charge in [-0.05, 0) is 42.2 Å². The zero-order valence-electron chi connectivity index (χ0n) is 11.7. The summed E-state index contributed by atoms with van der Waals surface area (Å²) >= 11 is 0. The van der Waals surface area contributed by atoms with Crippen LogP contribution >= 0.6 is 0 Å². The Labute approximate surface area is 123 Å². The highest BCUT2D eigenvalue weighted by Gasteiger charge is 2.45. The number of pyridine rings is 1. The van der Waals surface area contributed by atoms with Crippen LogP contribution in [0.1, 0.15) is 30.4 Å². The molecule has 0 radical (unpaired) electrons. The van der Waals surface area contributed by atoms with Gasteiger partial charge in [0.1, 0.15) is 5.82 Å². The minimum absolute atomic E-state index is 0.0178. The van der Waals surface area contributed by atoms with E-state index in [1.165, 1.54) is 12.1 Å². The summed E-state index contributed by atoms with van der Waals surface area (Å²) in [5, 5.41) is 2.98. The van der Waals surface area contributed by atoms with E-state index in [4.69, 9.17) is 0 Å². The molecular weight excluding hydrogens is 267 g/mol. The summed E-state index contributed by atoms with van der Waals surface area (Å²) in [6, 6.07) is 10.1. The minimum Gasteiger partial charge on any atom is -0.351 e. The summed E-state index contributed by atoms with van der Waals surface area (Å²) in [6.45, 7) is 0.468. The number of hydrogen-bond donors (Lipinski definition) is 1. The first-order chi connectivity index (χ1) is 10.2. The van der Waals surface area contributed by atoms with E-state index in [1.807, 2.05) is 12.1 Å². The lowest BCUT2D eigenvalue weighted by Gasteiger charge is -2.40. The van der Waals surface area contributed by atoms with Crippen LogP contribution in [0.25, 0.3) is 0 Å². The molecule has 3 nitrogen and oxygen atoms in total. The molecule has 108 valence electrons. The van der Waals surface area contributed by atoms with Crippen LogP contribution in [0.4, 0.5) is 4.39 Å². The van der Waals surface area contributed by atoms with Gasteiger partial charge in [-0.2, -0.15) is 0 Å². The van der Waals surface area contributed by atoms with Gasteiger partial charge < -0.3 is 5.32 Å². The van der Waals surface area contributed by atoms with Crippen LogP contribution in [0.15, 0.2) is 48.8 Å². The summed E-state index contributed by atoms with van der Waals surface area (Å²) in [6.07, 6.45) is 6.11. The van der Waals surface area contributed by atoms with Crippen LogP contribution in [-0.4, -0.2) is 10.9 Å². The molecule has 0 aliphatic heterocycles. The number of aromatic nitrogens is 1. The van der Waals surface area contributed by atoms with Crippen molar-refractivity contribution in [3.05, 3.63) is 65.7 Å². The summed E-state index contributed by atoms with van der Waals surface area (Å²) in [7, 11) is 0. The van der Waals surface area contributed by atoms with Crippen LogP contribution in [0.2, 0.25) is 0 Å². The van der Waals surface area contributed by atoms with Crippen molar-refractivity contribution in [3.8, 4) is 0 Å². The largest absolute Gasteiger partial charge is 0.351 e. The average Bonchev–Trinajstić information content (AvgIpc) is 2.47. The Balaban J connectivity index is 1.73. The van der Waals surface area contributed by atoms with Crippen molar-refractivity contribution in [2.45, 2.75) is 31.2 Å². The monoisotopic (exact) mass is 284 g/mol. The smallest absolute Gasteiger partial charge is 0.230 e. The van der Waals surface area contributed by atoms with Gasteiger partial charge in [-0.25, -0.2) is 4.39 Å². The third-order valence-corrected chi connectivity index (χ3v) is 4.21. The third kappa shape index (κ3) is 2.66. The van der Waals surface area contributed by atoms with Crippen LogP contribution in [0.5, 0.6) is 0 Å². The number of nitrogens with one attached hydrogen (secondary N) is 1. The number of nitrogens with zero attached hydrogens (tertiary/aromatic N) is 1. The molecule has 21 heavy (non-hydrogen) atoms. The Bertz CT molecular complexity index is 621. The number of hydrogen-bond acceptors (Lipinski definition) is 2. The highest BCUT2D eigenvalue weighted by Crippen LogP contribution is 2.44. The van der Waals surface area contributed by atoms with E-state index < -0.39 is 5.41 Å². The molecule has 1 fully saturated rings. The Hall–Kier alpha value is -2.23. The van der Waals surface area contributed by atoms with Gasteiger partial charge in [0.2, 0.25) is 5.91 Å². The molecule has 1 N–H and O–H groups in total. The Morgan fingerprint density at radius 1 is 1.24 bits per heavy atom. The molecule has 0 atom stereocenters. The molecule has 1 aromatic heterocycles. The fourth-order valence-electron chi connectivity index (χ4n) is 2.80. The van der Waals surface area contributed by atoms with Gasteiger partial charge in [0.25, 0.3) is 0 Å². The van der Waals surface area contributed by atoms with Crippen LogP contribution in [0.3, 0.4) is 0 Å². The molecule has 1 saturated carbocycles. The SMILES string of the molecule is O=C(NCc1cccnc1)C1(c2ccc(F)cc2)CCC1. The summed E-state index contributed by atoms with van der Waals surface area (Å²) in [5.74, 6) is -0.256. The van der Waals surface area contributed by atoms with E-state index in [2.05, 4.69) is 10.3 Å². The number of carbonyl (C=O) groups is 1. The molecule has 1 aliphatic carbocycles. The van der Waals surface area contributed by atoms with Gasteiger partial charge in [-0.3, -0.25) is 9.78 Å². The predicted octanol–water partition coefficient (Wildman–Crippen LogP) is 2.96. The van der Waals surface area contributed by atoms with E-state index in [1.54, 1.807) is 24.5 Å². The van der Waals surface area contributed by atoms with Crippen LogP contribution < -0.4 is 5.32 Å². The number of halogens is 1. The maximum atomic E-state index is 13.1. The van der Waals surface area contributed by atoms with Crippen molar-refractivity contribution in [3.63, 3.8) is 0 Å². The fourth-order valence-corrected chi connectivity index (χ4v) is 2.80. The minimum atomic E-state index is -0.490. The highest BCUT2D eigenvalue weighted by molar-refractivity contribution is 5.89. The van der Waals surface area contributed by atoms with Gasteiger partial charge >= 0.3 is 0 Å². The second kappa shape index (κ2) is 5.64. The standard InChI is InChI=1S/C17H17FN2O/c18-15-6-4-14(5-7-15)17(8-2-9-17)16(21)20-12-13-3-1-10-19-11-13/h1,3-7,10-11H,2,8-9,12H2,(H,20,21). The molecule has 4 heteroatoms. The second-order valence-electron chi connectivity index (χ2n) is 5.49. The van der Waals surface area contributed by atoms with Crippen molar-refractivity contribution in [1.29, 1.82) is 0 Å². The van der Waals surface area contributed by atoms with Gasteiger partial charge in [0.15, 0.2) is 0 Å². The average molecular weight is 284 g/mol. The highest BCUT2D eigenvalue weighted by atomic mass is 19.1. The summed E-state index contributed by atoms with van der Waals surface area (Å²) in [4.78, 5) is 16.6. The van der Waals surface area contributed by atoms with Gasteiger partial charge in [0, 0.05) is 18.9 Å². The van der Waals surface area contributed by atoms with E-state index in [0.717, 1.165) is 30.4 Å². The Kier molecular flexibility index (Phi) is 3.69. The first-order valence-corrected chi connectivity index (χ1v) is 7.14. The molecule has 1 aliphatic rings. The van der Waals surface area contributed by atoms with Gasteiger partial charge in [-0.15, -0.1) is 0 Å². The van der Waals surface area contributed by atoms with Crippen molar-refractivity contribution < 1.29 is 9.18 Å². The quantitative estimate of drug-likeness (QED) is 0.938.